The number of benzene rings is 1. The smallest absolute Gasteiger partial charge is 0.255 e. The average molecular weight is 450 g/mol. The van der Waals surface area contributed by atoms with Gasteiger partial charge in [0.25, 0.3) is 5.91 Å². The van der Waals surface area contributed by atoms with Crippen LogP contribution in [0.2, 0.25) is 5.02 Å². The van der Waals surface area contributed by atoms with Gasteiger partial charge < -0.3 is 4.90 Å². The van der Waals surface area contributed by atoms with E-state index >= 15 is 0 Å². The molecule has 28 heavy (non-hydrogen) atoms. The molecule has 2 saturated heterocycles. The molecule has 0 bridgehead atoms. The van der Waals surface area contributed by atoms with Gasteiger partial charge >= 0.3 is 0 Å². The van der Waals surface area contributed by atoms with Gasteiger partial charge in [0.05, 0.1) is 21.2 Å². The zero-order valence-corrected chi connectivity index (χ0v) is 18.1. The molecule has 3 rings (SSSR count). The van der Waals surface area contributed by atoms with Crippen molar-refractivity contribution in [2.75, 3.05) is 45.0 Å². The van der Waals surface area contributed by atoms with E-state index in [0.29, 0.717) is 13.1 Å². The predicted molar refractivity (Wildman–Crippen MR) is 106 cm³/mol. The summed E-state index contributed by atoms with van der Waals surface area (Å²) in [7, 11) is -6.95. The average Bonchev–Trinajstić information content (AvgIpc) is 3.23. The molecule has 0 spiro atoms. The number of halogens is 1. The van der Waals surface area contributed by atoms with Gasteiger partial charge in [0.1, 0.15) is 0 Å². The fraction of sp³-hybridized carbons (Fsp3) is 0.588. The maximum Gasteiger partial charge on any atom is 0.255 e. The van der Waals surface area contributed by atoms with Crippen LogP contribution in [0.4, 0.5) is 0 Å². The Hall–Kier alpha value is -1.20. The molecule has 0 atom stereocenters. The van der Waals surface area contributed by atoms with E-state index in [9.17, 15) is 21.6 Å². The summed E-state index contributed by atoms with van der Waals surface area (Å²) >= 11 is 6.18. The van der Waals surface area contributed by atoms with E-state index in [0.717, 1.165) is 12.8 Å². The van der Waals surface area contributed by atoms with Crippen LogP contribution in [0.5, 0.6) is 0 Å². The standard InChI is InChI=1S/C17H24ClN3O5S2/c1-2-27(23,24)20-11-9-19(10-12-20)17(22)15-13-14(5-6-16(15)18)28(25,26)21-7-3-4-8-21/h5-6,13H,2-4,7-12H2,1H3. The lowest BCUT2D eigenvalue weighted by molar-refractivity contribution is 0.0698. The summed E-state index contributed by atoms with van der Waals surface area (Å²) in [5, 5.41) is 0.175. The number of carbonyl (C=O) groups is 1. The molecular formula is C17H24ClN3O5S2. The van der Waals surface area contributed by atoms with Crippen LogP contribution in [0.1, 0.15) is 30.1 Å². The van der Waals surface area contributed by atoms with Crippen molar-refractivity contribution >= 4 is 37.6 Å². The number of carbonyl (C=O) groups excluding carboxylic acids is 1. The molecule has 0 unspecified atom stereocenters. The first-order valence-corrected chi connectivity index (χ1v) is 12.7. The normalized spacial score (nSPS) is 19.9. The molecule has 2 fully saturated rings. The molecule has 0 N–H and O–H groups in total. The number of amides is 1. The first-order valence-electron chi connectivity index (χ1n) is 9.23. The van der Waals surface area contributed by atoms with Crippen molar-refractivity contribution in [1.82, 2.24) is 13.5 Å². The fourth-order valence-electron chi connectivity index (χ4n) is 3.43. The van der Waals surface area contributed by atoms with Crippen molar-refractivity contribution in [1.29, 1.82) is 0 Å². The van der Waals surface area contributed by atoms with Crippen molar-refractivity contribution in [3.05, 3.63) is 28.8 Å². The summed E-state index contributed by atoms with van der Waals surface area (Å²) in [6.07, 6.45) is 1.65. The topological polar surface area (TPSA) is 95.1 Å². The second kappa shape index (κ2) is 8.27. The van der Waals surface area contributed by atoms with Crippen LogP contribution in [-0.2, 0) is 20.0 Å². The predicted octanol–water partition coefficient (Wildman–Crippen LogP) is 1.23. The van der Waals surface area contributed by atoms with E-state index < -0.39 is 26.0 Å². The number of hydrogen-bond acceptors (Lipinski definition) is 5. The SMILES string of the molecule is CCS(=O)(=O)N1CCN(C(=O)c2cc(S(=O)(=O)N3CCCC3)ccc2Cl)CC1. The highest BCUT2D eigenvalue weighted by Crippen LogP contribution is 2.26. The molecule has 1 aromatic carbocycles. The summed E-state index contributed by atoms with van der Waals surface area (Å²) in [6.45, 7) is 3.43. The third kappa shape index (κ3) is 4.20. The Morgan fingerprint density at radius 1 is 0.964 bits per heavy atom. The van der Waals surface area contributed by atoms with Gasteiger partial charge in [0.2, 0.25) is 20.0 Å². The summed E-state index contributed by atoms with van der Waals surface area (Å²) < 4.78 is 52.3. The molecule has 2 heterocycles. The van der Waals surface area contributed by atoms with Crippen molar-refractivity contribution in [2.45, 2.75) is 24.7 Å². The number of rotatable bonds is 5. The van der Waals surface area contributed by atoms with Crippen LogP contribution in [0.15, 0.2) is 23.1 Å². The van der Waals surface area contributed by atoms with Crippen LogP contribution in [0.25, 0.3) is 0 Å². The first kappa shape index (κ1) is 21.5. The van der Waals surface area contributed by atoms with Gasteiger partial charge in [-0.1, -0.05) is 11.6 Å². The van der Waals surface area contributed by atoms with Gasteiger partial charge in [-0.05, 0) is 38.0 Å². The highest BCUT2D eigenvalue weighted by atomic mass is 35.5. The number of sulfonamides is 2. The molecule has 0 radical (unpaired) electrons. The van der Waals surface area contributed by atoms with Gasteiger partial charge in [0.15, 0.2) is 0 Å². The molecule has 0 aliphatic carbocycles. The molecule has 1 aromatic rings. The lowest BCUT2D eigenvalue weighted by Gasteiger charge is -2.34. The van der Waals surface area contributed by atoms with Crippen molar-refractivity contribution in [3.63, 3.8) is 0 Å². The third-order valence-corrected chi connectivity index (χ3v) is 9.26. The Kier molecular flexibility index (Phi) is 6.35. The van der Waals surface area contributed by atoms with E-state index in [1.54, 1.807) is 6.92 Å². The molecule has 0 saturated carbocycles. The largest absolute Gasteiger partial charge is 0.336 e. The summed E-state index contributed by atoms with van der Waals surface area (Å²) in [5.41, 5.74) is 0.119. The number of piperazine rings is 1. The maximum atomic E-state index is 12.9. The Morgan fingerprint density at radius 2 is 1.57 bits per heavy atom. The lowest BCUT2D eigenvalue weighted by Crippen LogP contribution is -2.50. The van der Waals surface area contributed by atoms with Gasteiger partial charge in [-0.3, -0.25) is 4.79 Å². The van der Waals surface area contributed by atoms with Gasteiger partial charge in [-0.15, -0.1) is 0 Å². The van der Waals surface area contributed by atoms with Crippen LogP contribution in [0, 0.1) is 0 Å². The molecule has 2 aliphatic rings. The third-order valence-electron chi connectivity index (χ3n) is 5.16. The van der Waals surface area contributed by atoms with Crippen molar-refractivity contribution < 1.29 is 21.6 Å². The maximum absolute atomic E-state index is 12.9. The van der Waals surface area contributed by atoms with Crippen LogP contribution in [-0.4, -0.2) is 81.3 Å². The molecule has 11 heteroatoms. The Bertz CT molecular complexity index is 951. The van der Waals surface area contributed by atoms with Crippen LogP contribution < -0.4 is 0 Å². The monoisotopic (exact) mass is 449 g/mol. The minimum Gasteiger partial charge on any atom is -0.336 e. The van der Waals surface area contributed by atoms with Crippen LogP contribution in [0.3, 0.4) is 0 Å². The van der Waals surface area contributed by atoms with E-state index in [4.69, 9.17) is 11.6 Å². The van der Waals surface area contributed by atoms with Crippen LogP contribution >= 0.6 is 11.6 Å². The highest BCUT2D eigenvalue weighted by Gasteiger charge is 2.31. The van der Waals surface area contributed by atoms with Gasteiger partial charge in [-0.2, -0.15) is 8.61 Å². The van der Waals surface area contributed by atoms with Gasteiger partial charge in [0, 0.05) is 39.3 Å². The number of nitrogens with zero attached hydrogens (tertiary/aromatic N) is 3. The summed E-state index contributed by atoms with van der Waals surface area (Å²) in [5.74, 6) is -0.375. The first-order chi connectivity index (χ1) is 13.2. The van der Waals surface area contributed by atoms with E-state index in [1.165, 1.54) is 31.7 Å². The lowest BCUT2D eigenvalue weighted by atomic mass is 10.2. The molecule has 1 amide bonds. The Labute approximate surface area is 171 Å². The Morgan fingerprint density at radius 3 is 2.14 bits per heavy atom. The summed E-state index contributed by atoms with van der Waals surface area (Å²) in [6, 6.07) is 4.17. The molecule has 156 valence electrons. The zero-order valence-electron chi connectivity index (χ0n) is 15.7. The second-order valence-corrected chi connectivity index (χ2v) is 11.4. The quantitative estimate of drug-likeness (QED) is 0.673. The fourth-order valence-corrected chi connectivity index (χ4v) is 6.26. The van der Waals surface area contributed by atoms with Crippen molar-refractivity contribution in [2.24, 2.45) is 0 Å². The van der Waals surface area contributed by atoms with E-state index in [-0.39, 0.29) is 47.4 Å². The molecule has 0 aromatic heterocycles. The molecular weight excluding hydrogens is 426 g/mol. The zero-order chi connectivity index (χ0) is 20.5. The highest BCUT2D eigenvalue weighted by molar-refractivity contribution is 7.89. The minimum absolute atomic E-state index is 0.0170. The van der Waals surface area contributed by atoms with E-state index in [1.807, 2.05) is 0 Å². The van der Waals surface area contributed by atoms with E-state index in [2.05, 4.69) is 0 Å². The molecule has 2 aliphatic heterocycles. The van der Waals surface area contributed by atoms with Gasteiger partial charge in [-0.25, -0.2) is 16.8 Å². The Balaban J connectivity index is 1.79. The van der Waals surface area contributed by atoms with Crippen molar-refractivity contribution in [3.8, 4) is 0 Å². The summed E-state index contributed by atoms with van der Waals surface area (Å²) in [4.78, 5) is 14.5. The minimum atomic E-state index is -3.66. The second-order valence-electron chi connectivity index (χ2n) is 6.84. The number of hydrogen-bond donors (Lipinski definition) is 0. The molecule has 8 nitrogen and oxygen atoms in total.